The van der Waals surface area contributed by atoms with Gasteiger partial charge >= 0.3 is 11.9 Å². The predicted octanol–water partition coefficient (Wildman–Crippen LogP) is 7.51. The average Bonchev–Trinajstić information content (AvgIpc) is 3.98. The maximum atomic E-state index is 13.6. The van der Waals surface area contributed by atoms with Gasteiger partial charge in [-0.2, -0.15) is 0 Å². The molecule has 0 radical (unpaired) electrons. The van der Waals surface area contributed by atoms with E-state index in [1.54, 1.807) is 37.3 Å². The van der Waals surface area contributed by atoms with Gasteiger partial charge in [0.05, 0.1) is 47.0 Å². The highest BCUT2D eigenvalue weighted by Gasteiger charge is 2.49. The Labute approximate surface area is 348 Å². The lowest BCUT2D eigenvalue weighted by molar-refractivity contribution is -0.144. The van der Waals surface area contributed by atoms with Crippen LogP contribution in [0.1, 0.15) is 81.5 Å². The molecule has 8 rings (SSSR count). The molecule has 1 saturated heterocycles. The highest BCUT2D eigenvalue weighted by Crippen LogP contribution is 2.49. The maximum absolute atomic E-state index is 13.6. The molecule has 3 atom stereocenters. The fourth-order valence-electron chi connectivity index (χ4n) is 9.17. The van der Waals surface area contributed by atoms with Crippen LogP contribution in [0.15, 0.2) is 155 Å². The number of methoxy groups -OCH3 is 1. The van der Waals surface area contributed by atoms with Crippen molar-refractivity contribution < 1.29 is 33.8 Å². The first-order chi connectivity index (χ1) is 28.8. The van der Waals surface area contributed by atoms with E-state index in [0.717, 1.165) is 57.2 Å². The van der Waals surface area contributed by atoms with Crippen LogP contribution in [0.5, 0.6) is 0 Å². The molecule has 12 heteroatoms. The third kappa shape index (κ3) is 6.41. The van der Waals surface area contributed by atoms with E-state index in [4.69, 9.17) is 24.5 Å². The Hall–Kier alpha value is -6.69. The van der Waals surface area contributed by atoms with Crippen LogP contribution in [-0.2, 0) is 19.1 Å². The molecular weight excluding hydrogens is 759 g/mol. The highest BCUT2D eigenvalue weighted by molar-refractivity contribution is 6.26. The van der Waals surface area contributed by atoms with Gasteiger partial charge in [-0.15, -0.1) is 0 Å². The van der Waals surface area contributed by atoms with E-state index in [9.17, 15) is 24.3 Å². The molecule has 3 unspecified atom stereocenters. The van der Waals surface area contributed by atoms with Crippen molar-refractivity contribution in [3.63, 3.8) is 0 Å². The molecular formula is C48H47N5O7. The third-order valence-corrected chi connectivity index (χ3v) is 12.5. The summed E-state index contributed by atoms with van der Waals surface area (Å²) in [5.41, 5.74) is 12.5. The predicted molar refractivity (Wildman–Crippen MR) is 229 cm³/mol. The van der Waals surface area contributed by atoms with E-state index in [2.05, 4.69) is 38.0 Å². The molecule has 1 fully saturated rings. The number of rotatable bonds is 10. The molecule has 8 bridgehead atoms. The first-order valence-electron chi connectivity index (χ1n) is 20.3. The van der Waals surface area contributed by atoms with Crippen LogP contribution in [0.4, 0.5) is 0 Å². The summed E-state index contributed by atoms with van der Waals surface area (Å²) in [7, 11) is 1.29. The largest absolute Gasteiger partial charge is 0.510 e. The molecule has 5 heterocycles. The zero-order chi connectivity index (χ0) is 42.7. The monoisotopic (exact) mass is 805 g/mol. The number of Topliss-reactive ketones (excluding diaryl/α,β-unsaturated/α-hetero) is 2. The van der Waals surface area contributed by atoms with Crippen molar-refractivity contribution in [2.75, 3.05) is 20.3 Å². The lowest BCUT2D eigenvalue weighted by atomic mass is 9.84. The summed E-state index contributed by atoms with van der Waals surface area (Å²) in [5, 5.41) is 18.5. The summed E-state index contributed by atoms with van der Waals surface area (Å²) in [6.45, 7) is 15.9. The Morgan fingerprint density at radius 1 is 0.933 bits per heavy atom. The number of aliphatic imine (C=N–C) groups is 3. The van der Waals surface area contributed by atoms with E-state index in [-0.39, 0.29) is 54.4 Å². The maximum Gasteiger partial charge on any atom is 0.321 e. The second kappa shape index (κ2) is 15.5. The number of carbonyl (C=O) groups is 4. The van der Waals surface area contributed by atoms with Gasteiger partial charge in [-0.3, -0.25) is 19.2 Å². The molecule has 1 aromatic carbocycles. The minimum atomic E-state index is -1.14. The van der Waals surface area contributed by atoms with Crippen molar-refractivity contribution in [2.24, 2.45) is 32.7 Å². The molecule has 1 aromatic rings. The van der Waals surface area contributed by atoms with Crippen LogP contribution in [0, 0.1) is 17.8 Å². The SMILES string of the molecule is C=CC1=C(C)C2=NC1=CC1=NC(=CC3=C(C)C4=C(O)C(C(=O)OC)C(=C5NC(=C2)C(C)C5CCC(=O)OCCNC2=C(C)C(=O)c5ccccc5C2=O)C4=N3)C(CC)=C1C. The zero-order valence-electron chi connectivity index (χ0n) is 34.8. The van der Waals surface area contributed by atoms with Gasteiger partial charge in [-0.05, 0) is 81.1 Å². The Bertz CT molecular complexity index is 2650. The number of aliphatic hydroxyl groups excluding tert-OH is 1. The number of hydrogen-bond donors (Lipinski definition) is 3. The molecule has 0 amide bonds. The summed E-state index contributed by atoms with van der Waals surface area (Å²) in [5.74, 6) is -3.40. The number of hydrogen-bond acceptors (Lipinski definition) is 12. The van der Waals surface area contributed by atoms with Crippen molar-refractivity contribution in [1.82, 2.24) is 10.6 Å². The Morgan fingerprint density at radius 2 is 1.63 bits per heavy atom. The first kappa shape index (κ1) is 40.1. The molecule has 3 N–H and O–H groups in total. The smallest absolute Gasteiger partial charge is 0.321 e. The van der Waals surface area contributed by atoms with Crippen LogP contribution in [0.25, 0.3) is 0 Å². The standard InChI is InChI=1S/C48H47N5O7/c1-9-27-22(3)32-19-34-24(5)29(15-16-38(54)60-18-17-49-42-26(7)45(55)30-13-11-12-14-31(30)46(42)56)43(52-34)40-41(48(58)59-8)47(57)39-25(6)35(53-44(39)40)21-37-28(10-2)23(4)33(51-37)20-36(27)50-32/h9,11-14,19-21,24,29,41,49,52,57H,1,10,15-18H2,2-8H3. The van der Waals surface area contributed by atoms with Crippen molar-refractivity contribution in [3.8, 4) is 0 Å². The lowest BCUT2D eigenvalue weighted by Gasteiger charge is -2.21. The number of ketones is 2. The lowest BCUT2D eigenvalue weighted by Crippen LogP contribution is -2.32. The number of carbonyl (C=O) groups excluding carboxylic acids is 4. The number of ether oxygens (including phenoxy) is 2. The highest BCUT2D eigenvalue weighted by atomic mass is 16.5. The van der Waals surface area contributed by atoms with Crippen molar-refractivity contribution in [3.05, 3.63) is 151 Å². The van der Waals surface area contributed by atoms with Gasteiger partial charge in [-0.1, -0.05) is 50.8 Å². The third-order valence-electron chi connectivity index (χ3n) is 12.5. The van der Waals surface area contributed by atoms with Crippen molar-refractivity contribution >= 4 is 40.6 Å². The molecule has 60 heavy (non-hydrogen) atoms. The first-order valence-corrected chi connectivity index (χ1v) is 20.3. The van der Waals surface area contributed by atoms with Crippen molar-refractivity contribution in [2.45, 2.75) is 60.8 Å². The molecule has 0 spiro atoms. The molecule has 0 saturated carbocycles. The number of nitrogens with zero attached hydrogens (tertiary/aromatic N) is 3. The van der Waals surface area contributed by atoms with Gasteiger partial charge in [0.1, 0.15) is 18.3 Å². The molecule has 2 aliphatic carbocycles. The number of benzene rings is 1. The Kier molecular flexibility index (Phi) is 10.3. The fourth-order valence-corrected chi connectivity index (χ4v) is 9.17. The number of nitrogens with one attached hydrogen (secondary N) is 2. The van der Waals surface area contributed by atoms with Gasteiger partial charge < -0.3 is 25.2 Å². The van der Waals surface area contributed by atoms with Crippen LogP contribution in [0.2, 0.25) is 0 Å². The minimum absolute atomic E-state index is 0.0303. The van der Waals surface area contributed by atoms with Gasteiger partial charge in [0.25, 0.3) is 0 Å². The molecule has 7 aliphatic rings. The molecule has 12 nitrogen and oxygen atoms in total. The Balaban J connectivity index is 1.13. The van der Waals surface area contributed by atoms with E-state index < -0.39 is 17.9 Å². The van der Waals surface area contributed by atoms with E-state index >= 15 is 0 Å². The van der Waals surface area contributed by atoms with Gasteiger partial charge in [0.2, 0.25) is 5.78 Å². The minimum Gasteiger partial charge on any atom is -0.510 e. The molecule has 0 aromatic heterocycles. The second-order valence-electron chi connectivity index (χ2n) is 15.8. The van der Waals surface area contributed by atoms with Crippen LogP contribution < -0.4 is 10.6 Å². The molecule has 5 aliphatic heterocycles. The van der Waals surface area contributed by atoms with E-state index in [1.165, 1.54) is 7.11 Å². The van der Waals surface area contributed by atoms with Gasteiger partial charge in [0, 0.05) is 69.6 Å². The van der Waals surface area contributed by atoms with Crippen LogP contribution >= 0.6 is 0 Å². The number of fused-ring (bicyclic) bond motifs is 6. The average molecular weight is 806 g/mol. The fraction of sp³-hybridized carbons (Fsp3) is 0.312. The summed E-state index contributed by atoms with van der Waals surface area (Å²) in [6, 6.07) is 6.70. The summed E-state index contributed by atoms with van der Waals surface area (Å²) in [4.78, 5) is 68.3. The van der Waals surface area contributed by atoms with Crippen LogP contribution in [0.3, 0.4) is 0 Å². The second-order valence-corrected chi connectivity index (χ2v) is 15.8. The summed E-state index contributed by atoms with van der Waals surface area (Å²) in [6.07, 6.45) is 8.84. The number of esters is 2. The topological polar surface area (TPSA) is 168 Å². The van der Waals surface area contributed by atoms with Crippen molar-refractivity contribution in [1.29, 1.82) is 0 Å². The normalized spacial score (nSPS) is 23.1. The number of aliphatic hydroxyl groups is 1. The van der Waals surface area contributed by atoms with Gasteiger partial charge in [-0.25, -0.2) is 15.0 Å². The quantitative estimate of drug-likeness (QED) is 0.160. The van der Waals surface area contributed by atoms with Gasteiger partial charge in [0.15, 0.2) is 5.78 Å². The van der Waals surface area contributed by atoms with E-state index in [0.29, 0.717) is 56.9 Å². The summed E-state index contributed by atoms with van der Waals surface area (Å²) >= 11 is 0. The van der Waals surface area contributed by atoms with Crippen LogP contribution in [-0.4, -0.2) is 66.0 Å². The summed E-state index contributed by atoms with van der Waals surface area (Å²) < 4.78 is 10.9. The van der Waals surface area contributed by atoms with E-state index in [1.807, 2.05) is 32.1 Å². The molecule has 306 valence electrons. The Morgan fingerprint density at radius 3 is 2.33 bits per heavy atom. The zero-order valence-corrected chi connectivity index (χ0v) is 34.8. The number of allylic oxidation sites excluding steroid dienone is 13.